The second-order valence-electron chi connectivity index (χ2n) is 8.85. The van der Waals surface area contributed by atoms with E-state index in [-0.39, 0.29) is 5.97 Å². The molecule has 179 valence electrons. The zero-order chi connectivity index (χ0) is 22.1. The molecular weight excluding hydrogens is 495 g/mol. The first-order valence-corrected chi connectivity index (χ1v) is 21.9. The molecule has 0 aromatic rings. The van der Waals surface area contributed by atoms with Gasteiger partial charge in [0.05, 0.1) is 0 Å². The van der Waals surface area contributed by atoms with Crippen molar-refractivity contribution in [3.8, 4) is 0 Å². The van der Waals surface area contributed by atoms with E-state index in [2.05, 4.69) is 29.7 Å². The molecule has 30 heavy (non-hydrogen) atoms. The van der Waals surface area contributed by atoms with E-state index in [0.717, 1.165) is 6.42 Å². The first-order chi connectivity index (χ1) is 14.7. The Labute approximate surface area is 199 Å². The first kappa shape index (κ1) is 30.6. The van der Waals surface area contributed by atoms with Gasteiger partial charge in [-0.3, -0.25) is 0 Å². The van der Waals surface area contributed by atoms with Crippen molar-refractivity contribution in [1.82, 2.24) is 0 Å². The van der Waals surface area contributed by atoms with Crippen molar-refractivity contribution in [1.29, 1.82) is 0 Å². The summed E-state index contributed by atoms with van der Waals surface area (Å²) in [5.41, 5.74) is 0. The molecule has 0 saturated heterocycles. The van der Waals surface area contributed by atoms with Crippen LogP contribution < -0.4 is 0 Å². The third-order valence-electron chi connectivity index (χ3n) is 5.77. The molecule has 0 aliphatic carbocycles. The number of carbonyl (C=O) groups excluding carboxylic acids is 1. The van der Waals surface area contributed by atoms with Crippen molar-refractivity contribution in [2.75, 3.05) is 12.4 Å². The van der Waals surface area contributed by atoms with Crippen LogP contribution in [0.25, 0.3) is 0 Å². The van der Waals surface area contributed by atoms with Gasteiger partial charge in [0.25, 0.3) is 0 Å². The number of hydrogen-bond acceptors (Lipinski definition) is 3. The van der Waals surface area contributed by atoms with Crippen LogP contribution in [0.1, 0.15) is 136 Å². The maximum atomic E-state index is 12.2. The molecule has 0 bridgehead atoms. The summed E-state index contributed by atoms with van der Waals surface area (Å²) in [4.78, 5) is 12.2. The molecule has 1 radical (unpaired) electrons. The number of ether oxygens (including phenoxy) is 1. The maximum absolute atomic E-state index is 12.2. The van der Waals surface area contributed by atoms with Crippen LogP contribution >= 0.6 is 8.95 Å². The van der Waals surface area contributed by atoms with Gasteiger partial charge < -0.3 is 0 Å². The fourth-order valence-electron chi connectivity index (χ4n) is 3.75. The monoisotopic (exact) mass is 549 g/mol. The summed E-state index contributed by atoms with van der Waals surface area (Å²) in [5.74, 6) is 0.688. The molecule has 0 aromatic carbocycles. The van der Waals surface area contributed by atoms with Crippen molar-refractivity contribution in [2.45, 2.75) is 145 Å². The minimum atomic E-state index is -1.47. The zero-order valence-corrected chi connectivity index (χ0v) is 24.5. The van der Waals surface area contributed by atoms with E-state index in [1.165, 1.54) is 118 Å². The van der Waals surface area contributed by atoms with Gasteiger partial charge in [-0.1, -0.05) is 0 Å². The summed E-state index contributed by atoms with van der Waals surface area (Å²) in [5, 5.41) is 0. The van der Waals surface area contributed by atoms with Crippen molar-refractivity contribution in [3.63, 3.8) is 0 Å². The molecule has 0 aliphatic rings. The molecule has 0 aliphatic heterocycles. The van der Waals surface area contributed by atoms with E-state index in [1.54, 1.807) is 0 Å². The van der Waals surface area contributed by atoms with Gasteiger partial charge in [0.1, 0.15) is 0 Å². The molecule has 0 spiro atoms. The molecule has 4 heteroatoms. The molecule has 0 unspecified atom stereocenters. The fraction of sp³-hybridized carbons (Fsp3) is 0.962. The van der Waals surface area contributed by atoms with Crippen LogP contribution in [0.5, 0.6) is 0 Å². The van der Waals surface area contributed by atoms with Crippen LogP contribution in [-0.4, -0.2) is 36.7 Å². The summed E-state index contributed by atoms with van der Waals surface area (Å²) in [6.45, 7) is 7.46. The van der Waals surface area contributed by atoms with Gasteiger partial charge in [-0.15, -0.1) is 0 Å². The zero-order valence-electron chi connectivity index (χ0n) is 20.8. The van der Waals surface area contributed by atoms with Crippen LogP contribution in [-0.2, 0) is 9.53 Å². The molecule has 0 heterocycles. The quantitative estimate of drug-likeness (QED) is 0.0683. The van der Waals surface area contributed by atoms with E-state index in [9.17, 15) is 4.79 Å². The van der Waals surface area contributed by atoms with Gasteiger partial charge in [0.15, 0.2) is 0 Å². The van der Waals surface area contributed by atoms with Crippen LogP contribution in [0.15, 0.2) is 0 Å². The normalized spacial score (nSPS) is 11.3. The van der Waals surface area contributed by atoms with Gasteiger partial charge in [0.2, 0.25) is 0 Å². The summed E-state index contributed by atoms with van der Waals surface area (Å²) < 4.78 is 8.45. The minimum absolute atomic E-state index is 0.0533. The van der Waals surface area contributed by atoms with Crippen LogP contribution in [0.3, 0.4) is 0 Å². The molecule has 0 aromatic heterocycles. The summed E-state index contributed by atoms with van der Waals surface area (Å²) in [6, 6.07) is 0. The number of hydrogen-bond donors (Lipinski definition) is 0. The topological polar surface area (TPSA) is 26.3 Å². The Kier molecular flexibility index (Phi) is 26.4. The first-order valence-electron chi connectivity index (χ1n) is 13.4. The van der Waals surface area contributed by atoms with Gasteiger partial charge in [0, 0.05) is 0 Å². The van der Waals surface area contributed by atoms with Gasteiger partial charge in [-0.2, -0.15) is 0 Å². The second kappa shape index (κ2) is 25.9. The Morgan fingerprint density at radius 1 is 0.600 bits per heavy atom. The van der Waals surface area contributed by atoms with E-state index in [0.29, 0.717) is 12.4 Å². The van der Waals surface area contributed by atoms with E-state index in [1.807, 2.05) is 0 Å². The number of carbonyl (C=O) groups is 1. The van der Waals surface area contributed by atoms with Crippen molar-refractivity contribution >= 4 is 33.3 Å². The molecular formula is C26H53O2SSn. The van der Waals surface area contributed by atoms with E-state index in [4.69, 9.17) is 4.74 Å². The Bertz CT molecular complexity index is 336. The van der Waals surface area contributed by atoms with Crippen LogP contribution in [0, 0.1) is 0 Å². The summed E-state index contributed by atoms with van der Waals surface area (Å²) >= 11 is -1.47. The predicted octanol–water partition coefficient (Wildman–Crippen LogP) is 9.34. The standard InChI is InChI=1S/C10H20O2S.2C8H17.Sn/c1-2-3-4-5-6-7-8-12-10(11)9-13;2*1-3-5-7-8-6-4-2;/h13H,2-9H2,1H3;2*1,3-8H2,2H3;/q;;;+1/p-1. The Hall–Kier alpha value is 0.619. The van der Waals surface area contributed by atoms with Gasteiger partial charge >= 0.3 is 200 Å². The number of rotatable bonds is 24. The predicted molar refractivity (Wildman–Crippen MR) is 139 cm³/mol. The Balaban J connectivity index is 3.94. The molecule has 0 amide bonds. The summed E-state index contributed by atoms with van der Waals surface area (Å²) in [7, 11) is 2.06. The number of esters is 1. The van der Waals surface area contributed by atoms with Gasteiger partial charge in [-0.25, -0.2) is 0 Å². The number of unbranched alkanes of at least 4 members (excludes halogenated alkanes) is 15. The van der Waals surface area contributed by atoms with Crippen molar-refractivity contribution in [2.24, 2.45) is 0 Å². The SMILES string of the molecule is CCCCCCCCOC(=O)C[S][Sn]([CH2]CCCCCCC)[CH2]CCCCCCC. The Morgan fingerprint density at radius 3 is 1.47 bits per heavy atom. The molecule has 2 nitrogen and oxygen atoms in total. The molecule has 0 atom stereocenters. The third-order valence-corrected chi connectivity index (χ3v) is 19.2. The molecule has 0 saturated carbocycles. The third kappa shape index (κ3) is 23.3. The average molecular weight is 548 g/mol. The molecule has 0 fully saturated rings. The van der Waals surface area contributed by atoms with Crippen LogP contribution in [0.2, 0.25) is 8.87 Å². The van der Waals surface area contributed by atoms with Crippen molar-refractivity contribution in [3.05, 3.63) is 0 Å². The Morgan fingerprint density at radius 2 is 1.00 bits per heavy atom. The van der Waals surface area contributed by atoms with Crippen LogP contribution in [0.4, 0.5) is 0 Å². The van der Waals surface area contributed by atoms with E-state index >= 15 is 0 Å². The molecule has 0 N–H and O–H groups in total. The second-order valence-corrected chi connectivity index (χ2v) is 21.7. The van der Waals surface area contributed by atoms with E-state index < -0.39 is 18.4 Å². The van der Waals surface area contributed by atoms with Gasteiger partial charge in [-0.05, 0) is 0 Å². The molecule has 0 rings (SSSR count). The average Bonchev–Trinajstić information content (AvgIpc) is 2.75. The summed E-state index contributed by atoms with van der Waals surface area (Å²) in [6.07, 6.45) is 24.2. The van der Waals surface area contributed by atoms with Crippen molar-refractivity contribution < 1.29 is 9.53 Å². The fourth-order valence-corrected chi connectivity index (χ4v) is 16.0.